The van der Waals surface area contributed by atoms with E-state index in [-0.39, 0.29) is 5.91 Å². The zero-order chi connectivity index (χ0) is 22.4. The van der Waals surface area contributed by atoms with Gasteiger partial charge in [0.1, 0.15) is 18.6 Å². The highest BCUT2D eigenvalue weighted by molar-refractivity contribution is 5.97. The van der Waals surface area contributed by atoms with Gasteiger partial charge >= 0.3 is 0 Å². The van der Waals surface area contributed by atoms with E-state index in [9.17, 15) is 9.59 Å². The predicted molar refractivity (Wildman–Crippen MR) is 124 cm³/mol. The number of allylic oxidation sites excluding steroid dienone is 1. The molecular formula is C27H27NO3. The van der Waals surface area contributed by atoms with Crippen LogP contribution in [0.2, 0.25) is 0 Å². The van der Waals surface area contributed by atoms with Gasteiger partial charge in [0.15, 0.2) is 0 Å². The fourth-order valence-corrected chi connectivity index (χ4v) is 3.35. The molecule has 0 atom stereocenters. The average Bonchev–Trinajstić information content (AvgIpc) is 2.78. The number of hydrogen-bond donors (Lipinski definition) is 0. The van der Waals surface area contributed by atoms with Gasteiger partial charge in [-0.05, 0) is 48.2 Å². The molecule has 31 heavy (non-hydrogen) atoms. The highest BCUT2D eigenvalue weighted by atomic mass is 16.5. The van der Waals surface area contributed by atoms with Gasteiger partial charge in [-0.3, -0.25) is 9.59 Å². The van der Waals surface area contributed by atoms with Crippen molar-refractivity contribution in [1.82, 2.24) is 4.90 Å². The number of nitrogens with zero attached hydrogens (tertiary/aromatic N) is 1. The minimum Gasteiger partial charge on any atom is -0.488 e. The molecule has 4 heteroatoms. The lowest BCUT2D eigenvalue weighted by atomic mass is 9.99. The van der Waals surface area contributed by atoms with Crippen molar-refractivity contribution in [2.24, 2.45) is 0 Å². The first-order valence-corrected chi connectivity index (χ1v) is 10.2. The van der Waals surface area contributed by atoms with Crippen LogP contribution in [-0.2, 0) is 13.2 Å². The Kier molecular flexibility index (Phi) is 7.03. The Labute approximate surface area is 183 Å². The second-order valence-electron chi connectivity index (χ2n) is 7.74. The second kappa shape index (κ2) is 9.90. The van der Waals surface area contributed by atoms with Gasteiger partial charge in [0, 0.05) is 30.3 Å². The Bertz CT molecular complexity index is 1090. The summed E-state index contributed by atoms with van der Waals surface area (Å²) in [5, 5.41) is 0. The molecular weight excluding hydrogens is 386 g/mol. The SMILES string of the molecule is C=C(C)c1cc(C(=O)N(C)Cc2ccc(C=O)cc2)c(C)cc1OCc1ccccc1. The molecule has 3 rings (SSSR count). The lowest BCUT2D eigenvalue weighted by molar-refractivity contribution is 0.0784. The van der Waals surface area contributed by atoms with Gasteiger partial charge in [0.25, 0.3) is 5.91 Å². The van der Waals surface area contributed by atoms with Crippen LogP contribution in [-0.4, -0.2) is 24.1 Å². The quantitative estimate of drug-likeness (QED) is 0.446. The standard InChI is InChI=1S/C27H27NO3/c1-19(2)24-15-25(20(3)14-26(24)31-18-23-8-6-5-7-9-23)27(30)28(4)16-21-10-12-22(17-29)13-11-21/h5-15,17H,1,16,18H2,2-4H3. The Morgan fingerprint density at radius 1 is 1.00 bits per heavy atom. The fraction of sp³-hybridized carbons (Fsp3) is 0.185. The van der Waals surface area contributed by atoms with Crippen LogP contribution in [0.5, 0.6) is 5.75 Å². The normalized spacial score (nSPS) is 10.4. The van der Waals surface area contributed by atoms with Crippen molar-refractivity contribution in [3.05, 3.63) is 107 Å². The van der Waals surface area contributed by atoms with Crippen LogP contribution in [0.1, 0.15) is 49.9 Å². The van der Waals surface area contributed by atoms with E-state index in [4.69, 9.17) is 4.74 Å². The molecule has 0 unspecified atom stereocenters. The number of ether oxygens (including phenoxy) is 1. The number of carbonyl (C=O) groups is 2. The second-order valence-corrected chi connectivity index (χ2v) is 7.74. The third-order valence-electron chi connectivity index (χ3n) is 5.14. The Morgan fingerprint density at radius 2 is 1.68 bits per heavy atom. The molecule has 0 aliphatic rings. The molecule has 0 radical (unpaired) electrons. The van der Waals surface area contributed by atoms with Crippen molar-refractivity contribution in [2.45, 2.75) is 27.0 Å². The maximum atomic E-state index is 13.2. The summed E-state index contributed by atoms with van der Waals surface area (Å²) in [6, 6.07) is 21.0. The lowest BCUT2D eigenvalue weighted by Gasteiger charge is -2.21. The molecule has 0 saturated heterocycles. The summed E-state index contributed by atoms with van der Waals surface area (Å²) in [5.74, 6) is 0.645. The fourth-order valence-electron chi connectivity index (χ4n) is 3.35. The first-order chi connectivity index (χ1) is 14.9. The largest absolute Gasteiger partial charge is 0.488 e. The number of hydrogen-bond acceptors (Lipinski definition) is 3. The Morgan fingerprint density at radius 3 is 2.29 bits per heavy atom. The zero-order valence-electron chi connectivity index (χ0n) is 18.2. The number of aldehydes is 1. The molecule has 0 fully saturated rings. The summed E-state index contributed by atoms with van der Waals surface area (Å²) in [6.07, 6.45) is 0.808. The van der Waals surface area contributed by atoms with E-state index in [0.717, 1.165) is 39.9 Å². The van der Waals surface area contributed by atoms with Gasteiger partial charge in [-0.1, -0.05) is 61.2 Å². The van der Waals surface area contributed by atoms with E-state index in [2.05, 4.69) is 6.58 Å². The molecule has 158 valence electrons. The Hall–Kier alpha value is -3.66. The van der Waals surface area contributed by atoms with Gasteiger partial charge < -0.3 is 9.64 Å². The molecule has 0 saturated carbocycles. The van der Waals surface area contributed by atoms with E-state index in [1.807, 2.05) is 68.4 Å². The lowest BCUT2D eigenvalue weighted by Crippen LogP contribution is -2.27. The van der Waals surface area contributed by atoms with Crippen LogP contribution in [0.25, 0.3) is 5.57 Å². The molecule has 3 aromatic rings. The summed E-state index contributed by atoms with van der Waals surface area (Å²) in [5.41, 5.74) is 5.79. The van der Waals surface area contributed by atoms with Gasteiger partial charge in [-0.2, -0.15) is 0 Å². The highest BCUT2D eigenvalue weighted by Crippen LogP contribution is 2.30. The van der Waals surface area contributed by atoms with Crippen LogP contribution in [0.4, 0.5) is 0 Å². The van der Waals surface area contributed by atoms with E-state index in [1.165, 1.54) is 0 Å². The first-order valence-electron chi connectivity index (χ1n) is 10.2. The maximum absolute atomic E-state index is 13.2. The van der Waals surface area contributed by atoms with Crippen LogP contribution < -0.4 is 4.74 Å². The molecule has 4 nitrogen and oxygen atoms in total. The number of rotatable bonds is 8. The van der Waals surface area contributed by atoms with Gasteiger partial charge in [0.2, 0.25) is 0 Å². The van der Waals surface area contributed by atoms with Crippen molar-refractivity contribution < 1.29 is 14.3 Å². The van der Waals surface area contributed by atoms with Crippen molar-refractivity contribution in [3.8, 4) is 5.75 Å². The molecule has 1 amide bonds. The summed E-state index contributed by atoms with van der Waals surface area (Å²) in [4.78, 5) is 25.7. The van der Waals surface area contributed by atoms with Gasteiger partial charge in [0.05, 0.1) is 0 Å². The first kappa shape index (κ1) is 22.0. The molecule has 0 aliphatic carbocycles. The third kappa shape index (κ3) is 5.48. The molecule has 3 aromatic carbocycles. The zero-order valence-corrected chi connectivity index (χ0v) is 18.2. The number of aryl methyl sites for hydroxylation is 1. The van der Waals surface area contributed by atoms with Crippen LogP contribution in [0, 0.1) is 6.92 Å². The monoisotopic (exact) mass is 413 g/mol. The van der Waals surface area contributed by atoms with E-state index >= 15 is 0 Å². The third-order valence-corrected chi connectivity index (χ3v) is 5.14. The number of benzene rings is 3. The van der Waals surface area contributed by atoms with Crippen molar-refractivity contribution in [1.29, 1.82) is 0 Å². The van der Waals surface area contributed by atoms with Crippen LogP contribution in [0.3, 0.4) is 0 Å². The highest BCUT2D eigenvalue weighted by Gasteiger charge is 2.18. The van der Waals surface area contributed by atoms with E-state index < -0.39 is 0 Å². The van der Waals surface area contributed by atoms with Crippen LogP contribution in [0.15, 0.2) is 73.3 Å². The number of carbonyl (C=O) groups excluding carboxylic acids is 2. The van der Waals surface area contributed by atoms with E-state index in [1.54, 1.807) is 24.1 Å². The Balaban J connectivity index is 1.80. The molecule has 0 heterocycles. The van der Waals surface area contributed by atoms with Gasteiger partial charge in [-0.25, -0.2) is 0 Å². The molecule has 0 aromatic heterocycles. The number of amides is 1. The average molecular weight is 414 g/mol. The van der Waals surface area contributed by atoms with Crippen molar-refractivity contribution in [3.63, 3.8) is 0 Å². The molecule has 0 bridgehead atoms. The summed E-state index contributed by atoms with van der Waals surface area (Å²) in [6.45, 7) is 8.79. The minimum atomic E-state index is -0.0749. The minimum absolute atomic E-state index is 0.0749. The smallest absolute Gasteiger partial charge is 0.254 e. The van der Waals surface area contributed by atoms with Gasteiger partial charge in [-0.15, -0.1) is 0 Å². The summed E-state index contributed by atoms with van der Waals surface area (Å²) < 4.78 is 6.06. The van der Waals surface area contributed by atoms with Crippen LogP contribution >= 0.6 is 0 Å². The molecule has 0 aliphatic heterocycles. The molecule has 0 N–H and O–H groups in total. The topological polar surface area (TPSA) is 46.6 Å². The van der Waals surface area contributed by atoms with Crippen molar-refractivity contribution in [2.75, 3.05) is 7.05 Å². The van der Waals surface area contributed by atoms with Crippen molar-refractivity contribution >= 4 is 17.8 Å². The predicted octanol–water partition coefficient (Wildman–Crippen LogP) is 5.69. The van der Waals surface area contributed by atoms with E-state index in [0.29, 0.717) is 24.3 Å². The molecule has 0 spiro atoms. The summed E-state index contributed by atoms with van der Waals surface area (Å²) in [7, 11) is 1.77. The maximum Gasteiger partial charge on any atom is 0.254 e. The summed E-state index contributed by atoms with van der Waals surface area (Å²) >= 11 is 0.